The number of benzene rings is 2. The lowest BCUT2D eigenvalue weighted by Crippen LogP contribution is -2.33. The molecule has 26 heavy (non-hydrogen) atoms. The minimum absolute atomic E-state index is 0.0767. The maximum atomic E-state index is 12.6. The summed E-state index contributed by atoms with van der Waals surface area (Å²) in [7, 11) is 1.56. The zero-order valence-electron chi connectivity index (χ0n) is 14.3. The molecule has 1 saturated heterocycles. The molecule has 0 bridgehead atoms. The largest absolute Gasteiger partial charge is 0.496 e. The molecule has 1 heterocycles. The van der Waals surface area contributed by atoms with Gasteiger partial charge in [-0.3, -0.25) is 14.5 Å². The molecule has 2 aromatic carbocycles. The van der Waals surface area contributed by atoms with Gasteiger partial charge in [0.05, 0.1) is 18.7 Å². The van der Waals surface area contributed by atoms with Crippen molar-refractivity contribution in [1.82, 2.24) is 4.90 Å². The highest BCUT2D eigenvalue weighted by Gasteiger charge is 2.35. The lowest BCUT2D eigenvalue weighted by atomic mass is 10.2. The van der Waals surface area contributed by atoms with Crippen LogP contribution in [0.3, 0.4) is 0 Å². The van der Waals surface area contributed by atoms with Gasteiger partial charge in [-0.05, 0) is 48.5 Å². The molecule has 0 aromatic heterocycles. The van der Waals surface area contributed by atoms with Crippen molar-refractivity contribution in [3.63, 3.8) is 0 Å². The third-order valence-electron chi connectivity index (χ3n) is 3.91. The van der Waals surface area contributed by atoms with Crippen LogP contribution in [-0.2, 0) is 4.79 Å². The van der Waals surface area contributed by atoms with Crippen molar-refractivity contribution in [1.29, 1.82) is 0 Å². The highest BCUT2D eigenvalue weighted by Crippen LogP contribution is 2.34. The van der Waals surface area contributed by atoms with Gasteiger partial charge in [0.25, 0.3) is 11.1 Å². The summed E-state index contributed by atoms with van der Waals surface area (Å²) in [6.45, 7) is 1.98. The number of thioether (sulfide) groups is 1. The fourth-order valence-corrected chi connectivity index (χ4v) is 3.45. The highest BCUT2D eigenvalue weighted by atomic mass is 35.5. The van der Waals surface area contributed by atoms with Crippen LogP contribution in [0, 0.1) is 6.92 Å². The van der Waals surface area contributed by atoms with Crippen molar-refractivity contribution < 1.29 is 14.3 Å². The first-order chi connectivity index (χ1) is 12.5. The lowest BCUT2D eigenvalue weighted by Gasteiger charge is -2.15. The van der Waals surface area contributed by atoms with Crippen molar-refractivity contribution in [2.75, 3.05) is 19.1 Å². The van der Waals surface area contributed by atoms with Crippen molar-refractivity contribution in [3.05, 3.63) is 63.5 Å². The molecule has 1 aliphatic rings. The number of nitrogens with zero attached hydrogens (tertiary/aromatic N) is 1. The quantitative estimate of drug-likeness (QED) is 0.748. The fraction of sp³-hybridized carbons (Fsp3) is 0.158. The Morgan fingerprint density at radius 2 is 2.00 bits per heavy atom. The predicted octanol–water partition coefficient (Wildman–Crippen LogP) is 4.76. The molecule has 134 valence electrons. The molecule has 0 unspecified atom stereocenters. The van der Waals surface area contributed by atoms with Gasteiger partial charge >= 0.3 is 0 Å². The van der Waals surface area contributed by atoms with Gasteiger partial charge in [0, 0.05) is 16.3 Å². The summed E-state index contributed by atoms with van der Waals surface area (Å²) in [6.07, 6.45) is 1.67. The summed E-state index contributed by atoms with van der Waals surface area (Å²) in [6, 6.07) is 12.8. The average Bonchev–Trinajstić information content (AvgIpc) is 2.90. The summed E-state index contributed by atoms with van der Waals surface area (Å²) in [5.74, 6) is 0.309. The van der Waals surface area contributed by atoms with E-state index in [1.165, 1.54) is 4.90 Å². The minimum atomic E-state index is -0.336. The van der Waals surface area contributed by atoms with E-state index in [0.29, 0.717) is 15.7 Å². The molecule has 7 heteroatoms. The molecule has 2 aromatic rings. The number of aryl methyl sites for hydroxylation is 1. The highest BCUT2D eigenvalue weighted by molar-refractivity contribution is 8.18. The van der Waals surface area contributed by atoms with Crippen molar-refractivity contribution in [2.45, 2.75) is 6.92 Å². The molecule has 5 nitrogen and oxygen atoms in total. The van der Waals surface area contributed by atoms with E-state index in [4.69, 9.17) is 16.3 Å². The summed E-state index contributed by atoms with van der Waals surface area (Å²) in [5, 5.41) is 3.36. The van der Waals surface area contributed by atoms with Gasteiger partial charge in [0.15, 0.2) is 0 Å². The Bertz CT molecular complexity index is 898. The number of rotatable bonds is 5. The molecule has 2 amide bonds. The molecule has 0 aliphatic carbocycles. The van der Waals surface area contributed by atoms with Gasteiger partial charge in [-0.15, -0.1) is 0 Å². The second kappa shape index (κ2) is 7.85. The standard InChI is InChI=1S/C19H17ClN2O3S/c1-12-7-8-14(10-15(12)20)21-11-22-18(23)17(26-19(22)24)9-13-5-3-4-6-16(13)25-2/h3-10,21H,11H2,1-2H3/b17-9-. The van der Waals surface area contributed by atoms with Crippen LogP contribution in [0.5, 0.6) is 5.75 Å². The third kappa shape index (κ3) is 3.86. The Morgan fingerprint density at radius 1 is 1.23 bits per heavy atom. The van der Waals surface area contributed by atoms with E-state index in [0.717, 1.165) is 28.6 Å². The van der Waals surface area contributed by atoms with Gasteiger partial charge in [0.1, 0.15) is 5.75 Å². The molecule has 1 fully saturated rings. The number of hydrogen-bond donors (Lipinski definition) is 1. The van der Waals surface area contributed by atoms with E-state index in [2.05, 4.69) is 5.32 Å². The number of carbonyl (C=O) groups is 2. The maximum absolute atomic E-state index is 12.6. The average molecular weight is 389 g/mol. The number of carbonyl (C=O) groups excluding carboxylic acids is 2. The topological polar surface area (TPSA) is 58.6 Å². The van der Waals surface area contributed by atoms with Crippen LogP contribution in [-0.4, -0.2) is 29.8 Å². The van der Waals surface area contributed by atoms with Gasteiger partial charge in [-0.2, -0.15) is 0 Å². The van der Waals surface area contributed by atoms with Crippen LogP contribution >= 0.6 is 23.4 Å². The van der Waals surface area contributed by atoms with Gasteiger partial charge < -0.3 is 10.1 Å². The molecular weight excluding hydrogens is 372 g/mol. The van der Waals surface area contributed by atoms with Crippen LogP contribution in [0.1, 0.15) is 11.1 Å². The Morgan fingerprint density at radius 3 is 2.73 bits per heavy atom. The Labute approximate surface area is 161 Å². The number of methoxy groups -OCH3 is 1. The molecule has 3 rings (SSSR count). The fourth-order valence-electron chi connectivity index (χ4n) is 2.44. The first-order valence-corrected chi connectivity index (χ1v) is 9.07. The molecule has 0 radical (unpaired) electrons. The van der Waals surface area contributed by atoms with E-state index >= 15 is 0 Å². The molecule has 0 spiro atoms. The zero-order chi connectivity index (χ0) is 18.7. The number of amides is 2. The first-order valence-electron chi connectivity index (χ1n) is 7.88. The van der Waals surface area contributed by atoms with Crippen LogP contribution in [0.4, 0.5) is 10.5 Å². The second-order valence-electron chi connectivity index (χ2n) is 5.65. The van der Waals surface area contributed by atoms with Crippen molar-refractivity contribution >= 4 is 46.3 Å². The normalized spacial score (nSPS) is 15.7. The molecule has 0 saturated carbocycles. The summed E-state index contributed by atoms with van der Waals surface area (Å²) < 4.78 is 5.28. The summed E-state index contributed by atoms with van der Waals surface area (Å²) in [5.41, 5.74) is 2.45. The SMILES string of the molecule is COc1ccccc1/C=C1\SC(=O)N(CNc2ccc(C)c(Cl)c2)C1=O. The predicted molar refractivity (Wildman–Crippen MR) is 105 cm³/mol. The van der Waals surface area contributed by atoms with Gasteiger partial charge in [-0.1, -0.05) is 35.9 Å². The Kier molecular flexibility index (Phi) is 5.54. The van der Waals surface area contributed by atoms with Gasteiger partial charge in [-0.25, -0.2) is 0 Å². The number of para-hydroxylation sites is 1. The number of ether oxygens (including phenoxy) is 1. The number of anilines is 1. The van der Waals surface area contributed by atoms with E-state index in [1.807, 2.05) is 37.3 Å². The van der Waals surface area contributed by atoms with Gasteiger partial charge in [0.2, 0.25) is 0 Å². The van der Waals surface area contributed by atoms with E-state index < -0.39 is 0 Å². The van der Waals surface area contributed by atoms with Crippen LogP contribution in [0.15, 0.2) is 47.4 Å². The summed E-state index contributed by atoms with van der Waals surface area (Å²) in [4.78, 5) is 26.3. The van der Waals surface area contributed by atoms with Crippen LogP contribution < -0.4 is 10.1 Å². The summed E-state index contributed by atoms with van der Waals surface area (Å²) >= 11 is 7.01. The number of hydrogen-bond acceptors (Lipinski definition) is 5. The van der Waals surface area contributed by atoms with E-state index in [-0.39, 0.29) is 17.8 Å². The van der Waals surface area contributed by atoms with Crippen molar-refractivity contribution in [3.8, 4) is 5.75 Å². The third-order valence-corrected chi connectivity index (χ3v) is 5.23. The van der Waals surface area contributed by atoms with E-state index in [9.17, 15) is 9.59 Å². The van der Waals surface area contributed by atoms with Crippen LogP contribution in [0.2, 0.25) is 5.02 Å². The molecular formula is C19H17ClN2O3S. The zero-order valence-corrected chi connectivity index (χ0v) is 15.9. The maximum Gasteiger partial charge on any atom is 0.295 e. The minimum Gasteiger partial charge on any atom is -0.496 e. The van der Waals surface area contributed by atoms with E-state index in [1.54, 1.807) is 25.3 Å². The van der Waals surface area contributed by atoms with Crippen LogP contribution in [0.25, 0.3) is 6.08 Å². The number of halogens is 1. The smallest absolute Gasteiger partial charge is 0.295 e. The monoisotopic (exact) mass is 388 g/mol. The molecule has 0 atom stereocenters. The molecule has 1 aliphatic heterocycles. The first kappa shape index (κ1) is 18.4. The number of imide groups is 1. The second-order valence-corrected chi connectivity index (χ2v) is 7.05. The Hall–Kier alpha value is -2.44. The lowest BCUT2D eigenvalue weighted by molar-refractivity contribution is -0.122. The Balaban J connectivity index is 1.74. The number of nitrogens with one attached hydrogen (secondary N) is 1. The molecule has 1 N–H and O–H groups in total. The van der Waals surface area contributed by atoms with Crippen molar-refractivity contribution in [2.24, 2.45) is 0 Å².